The van der Waals surface area contributed by atoms with E-state index in [9.17, 15) is 19.5 Å². The largest absolute Gasteiger partial charge is 0.480 e. The van der Waals surface area contributed by atoms with Gasteiger partial charge in [0.2, 0.25) is 5.91 Å². The van der Waals surface area contributed by atoms with Crippen molar-refractivity contribution in [2.24, 2.45) is 5.41 Å². The minimum absolute atomic E-state index is 0.129. The van der Waals surface area contributed by atoms with E-state index in [1.54, 1.807) is 48.5 Å². The van der Waals surface area contributed by atoms with E-state index in [0.29, 0.717) is 29.2 Å². The van der Waals surface area contributed by atoms with Crippen LogP contribution in [0.4, 0.5) is 5.69 Å². The number of carbonyl (C=O) groups excluding carboxylic acids is 2. The maximum absolute atomic E-state index is 13.5. The van der Waals surface area contributed by atoms with Gasteiger partial charge in [0, 0.05) is 12.1 Å². The van der Waals surface area contributed by atoms with Crippen molar-refractivity contribution in [3.05, 3.63) is 126 Å². The van der Waals surface area contributed by atoms with E-state index in [-0.39, 0.29) is 18.2 Å². The predicted molar refractivity (Wildman–Crippen MR) is 162 cm³/mol. The number of carboxylic acids is 1. The summed E-state index contributed by atoms with van der Waals surface area (Å²) in [7, 11) is 0. The monoisotopic (exact) mass is 562 g/mol. The Kier molecular flexibility index (Phi) is 8.97. The first-order chi connectivity index (χ1) is 20.4. The minimum Gasteiger partial charge on any atom is -0.480 e. The molecule has 4 aromatic carbocycles. The van der Waals surface area contributed by atoms with Gasteiger partial charge in [-0.3, -0.25) is 9.59 Å². The van der Waals surface area contributed by atoms with Crippen LogP contribution in [0.1, 0.15) is 47.2 Å². The molecule has 0 radical (unpaired) electrons. The van der Waals surface area contributed by atoms with Crippen LogP contribution in [0.15, 0.2) is 109 Å². The summed E-state index contributed by atoms with van der Waals surface area (Å²) in [5.74, 6) is -0.545. The van der Waals surface area contributed by atoms with Crippen LogP contribution >= 0.6 is 0 Å². The molecule has 0 unspecified atom stereocenters. The van der Waals surface area contributed by atoms with Gasteiger partial charge in [0.05, 0.1) is 11.0 Å². The molecular formula is C35H34N2O5. The number of aliphatic carboxylic acids is 1. The van der Waals surface area contributed by atoms with Crippen LogP contribution in [0.3, 0.4) is 0 Å². The summed E-state index contributed by atoms with van der Waals surface area (Å²) >= 11 is 0. The number of carbonyl (C=O) groups is 3. The first-order valence-corrected chi connectivity index (χ1v) is 14.2. The van der Waals surface area contributed by atoms with Gasteiger partial charge in [0.25, 0.3) is 5.91 Å². The highest BCUT2D eigenvalue weighted by molar-refractivity contribution is 6.06. The van der Waals surface area contributed by atoms with Gasteiger partial charge in [-0.25, -0.2) is 4.79 Å². The fourth-order valence-corrected chi connectivity index (χ4v) is 5.55. The number of benzene rings is 4. The Balaban J connectivity index is 1.23. The molecule has 1 saturated carbocycles. The smallest absolute Gasteiger partial charge is 0.326 e. The Morgan fingerprint density at radius 2 is 1.38 bits per heavy atom. The van der Waals surface area contributed by atoms with Crippen molar-refractivity contribution in [2.75, 3.05) is 5.32 Å². The predicted octanol–water partition coefficient (Wildman–Crippen LogP) is 6.65. The highest BCUT2D eigenvalue weighted by Gasteiger charge is 2.42. The van der Waals surface area contributed by atoms with Crippen LogP contribution in [0.25, 0.3) is 0 Å². The molecule has 7 nitrogen and oxygen atoms in total. The minimum atomic E-state index is -1.08. The lowest BCUT2D eigenvalue weighted by atomic mass is 9.79. The van der Waals surface area contributed by atoms with Crippen molar-refractivity contribution in [3.8, 4) is 11.5 Å². The molecule has 0 aromatic heterocycles. The third kappa shape index (κ3) is 7.04. The van der Waals surface area contributed by atoms with Gasteiger partial charge < -0.3 is 20.5 Å². The first-order valence-electron chi connectivity index (χ1n) is 14.2. The Bertz CT molecular complexity index is 1510. The van der Waals surface area contributed by atoms with Gasteiger partial charge in [0.1, 0.15) is 17.5 Å². The molecule has 1 atom stereocenters. The van der Waals surface area contributed by atoms with Gasteiger partial charge in [-0.1, -0.05) is 85.6 Å². The molecule has 0 saturated heterocycles. The number of rotatable bonds is 11. The molecule has 4 aromatic rings. The molecule has 0 bridgehead atoms. The Morgan fingerprint density at radius 3 is 2.05 bits per heavy atom. The van der Waals surface area contributed by atoms with Gasteiger partial charge in [-0.15, -0.1) is 0 Å². The fraction of sp³-hybridized carbons (Fsp3) is 0.229. The zero-order chi connectivity index (χ0) is 29.4. The van der Waals surface area contributed by atoms with Gasteiger partial charge in [-0.05, 0) is 66.8 Å². The SMILES string of the molecule is O=C(Nc1ccc(C[C@H](NC(=O)C2(Cc3ccccc3)CCCC2)C(=O)O)cc1)c1ccccc1Oc1ccccc1. The van der Waals surface area contributed by atoms with E-state index >= 15 is 0 Å². The molecular weight excluding hydrogens is 528 g/mol. The maximum atomic E-state index is 13.5. The van der Waals surface area contributed by atoms with E-state index in [2.05, 4.69) is 10.6 Å². The molecule has 3 N–H and O–H groups in total. The number of ether oxygens (including phenoxy) is 1. The van der Waals surface area contributed by atoms with Crippen molar-refractivity contribution in [3.63, 3.8) is 0 Å². The molecule has 5 rings (SSSR count). The summed E-state index contributed by atoms with van der Waals surface area (Å²) in [4.78, 5) is 38.7. The van der Waals surface area contributed by atoms with Crippen molar-refractivity contribution < 1.29 is 24.2 Å². The van der Waals surface area contributed by atoms with Crippen LogP contribution in [-0.4, -0.2) is 28.9 Å². The third-order valence-corrected chi connectivity index (χ3v) is 7.79. The van der Waals surface area contributed by atoms with Gasteiger partial charge in [-0.2, -0.15) is 0 Å². The average molecular weight is 563 g/mol. The second-order valence-corrected chi connectivity index (χ2v) is 10.8. The second-order valence-electron chi connectivity index (χ2n) is 10.8. The fourth-order valence-electron chi connectivity index (χ4n) is 5.55. The third-order valence-electron chi connectivity index (χ3n) is 7.79. The van der Waals surface area contributed by atoms with E-state index in [1.807, 2.05) is 60.7 Å². The lowest BCUT2D eigenvalue weighted by Crippen LogP contribution is -2.49. The first kappa shape index (κ1) is 28.6. The molecule has 42 heavy (non-hydrogen) atoms. The summed E-state index contributed by atoms with van der Waals surface area (Å²) in [6.45, 7) is 0. The molecule has 214 valence electrons. The topological polar surface area (TPSA) is 105 Å². The number of nitrogens with one attached hydrogen (secondary N) is 2. The Labute approximate surface area is 245 Å². The Hall–Kier alpha value is -4.91. The number of carboxylic acid groups (broad SMARTS) is 1. The highest BCUT2D eigenvalue weighted by Crippen LogP contribution is 2.41. The summed E-state index contributed by atoms with van der Waals surface area (Å²) in [5, 5.41) is 15.7. The van der Waals surface area contributed by atoms with Crippen molar-refractivity contribution in [2.45, 2.75) is 44.6 Å². The number of hydrogen-bond donors (Lipinski definition) is 3. The van der Waals surface area contributed by atoms with Crippen molar-refractivity contribution >= 4 is 23.5 Å². The van der Waals surface area contributed by atoms with E-state index < -0.39 is 17.4 Å². The molecule has 0 heterocycles. The molecule has 1 fully saturated rings. The van der Waals surface area contributed by atoms with E-state index in [0.717, 1.165) is 36.8 Å². The van der Waals surface area contributed by atoms with E-state index in [4.69, 9.17) is 4.74 Å². The normalized spacial score (nSPS) is 14.5. The highest BCUT2D eigenvalue weighted by atomic mass is 16.5. The van der Waals surface area contributed by atoms with Crippen LogP contribution in [-0.2, 0) is 22.4 Å². The number of anilines is 1. The molecule has 2 amide bonds. The average Bonchev–Trinajstić information content (AvgIpc) is 3.48. The van der Waals surface area contributed by atoms with Gasteiger partial charge >= 0.3 is 5.97 Å². The summed E-state index contributed by atoms with van der Waals surface area (Å²) in [6, 6.07) is 32.0. The summed E-state index contributed by atoms with van der Waals surface area (Å²) in [5.41, 5.74) is 2.16. The van der Waals surface area contributed by atoms with Crippen LogP contribution < -0.4 is 15.4 Å². The summed E-state index contributed by atoms with van der Waals surface area (Å²) in [6.07, 6.45) is 4.12. The van der Waals surface area contributed by atoms with Crippen LogP contribution in [0.5, 0.6) is 11.5 Å². The maximum Gasteiger partial charge on any atom is 0.326 e. The molecule has 0 spiro atoms. The van der Waals surface area contributed by atoms with Gasteiger partial charge in [0.15, 0.2) is 0 Å². The van der Waals surface area contributed by atoms with Crippen LogP contribution in [0, 0.1) is 5.41 Å². The summed E-state index contributed by atoms with van der Waals surface area (Å²) < 4.78 is 5.91. The van der Waals surface area contributed by atoms with Crippen molar-refractivity contribution in [1.82, 2.24) is 5.32 Å². The molecule has 1 aliphatic rings. The quantitative estimate of drug-likeness (QED) is 0.190. The zero-order valence-corrected chi connectivity index (χ0v) is 23.3. The van der Waals surface area contributed by atoms with E-state index in [1.165, 1.54) is 0 Å². The molecule has 7 heteroatoms. The Morgan fingerprint density at radius 1 is 0.762 bits per heavy atom. The molecule has 1 aliphatic carbocycles. The zero-order valence-electron chi connectivity index (χ0n) is 23.3. The lowest BCUT2D eigenvalue weighted by molar-refractivity contribution is -0.143. The number of amides is 2. The standard InChI is InChI=1S/C35H34N2O5/c38-32(29-15-7-8-16-31(29)42-28-13-5-2-6-14-28)36-27-19-17-25(18-20-27)23-30(33(39)40)37-34(41)35(21-9-10-22-35)24-26-11-3-1-4-12-26/h1-8,11-20,30H,9-10,21-24H2,(H,36,38)(H,37,41)(H,39,40)/t30-/m0/s1. The lowest BCUT2D eigenvalue weighted by Gasteiger charge is -2.29. The van der Waals surface area contributed by atoms with Crippen molar-refractivity contribution in [1.29, 1.82) is 0 Å². The second kappa shape index (κ2) is 13.2. The molecule has 0 aliphatic heterocycles. The number of hydrogen-bond acceptors (Lipinski definition) is 4. The van der Waals surface area contributed by atoms with Crippen LogP contribution in [0.2, 0.25) is 0 Å². The number of para-hydroxylation sites is 2.